The number of halogens is 1. The number of hydrogen-bond acceptors (Lipinski definition) is 4. The highest BCUT2D eigenvalue weighted by Gasteiger charge is 2.15. The molecule has 1 aromatic carbocycles. The smallest absolute Gasteiger partial charge is 0.166 e. The van der Waals surface area contributed by atoms with Gasteiger partial charge in [0.2, 0.25) is 0 Å². The van der Waals surface area contributed by atoms with Crippen LogP contribution >= 0.6 is 11.6 Å². The van der Waals surface area contributed by atoms with E-state index >= 15 is 0 Å². The summed E-state index contributed by atoms with van der Waals surface area (Å²) in [7, 11) is 1.60. The molecule has 0 heterocycles. The van der Waals surface area contributed by atoms with Crippen LogP contribution in [0.15, 0.2) is 12.1 Å². The molecule has 0 saturated heterocycles. The Kier molecular flexibility index (Phi) is 5.55. The molecule has 5 heteroatoms. The van der Waals surface area contributed by atoms with Crippen LogP contribution in [0.25, 0.3) is 0 Å². The lowest BCUT2D eigenvalue weighted by atomic mass is 10.1. The van der Waals surface area contributed by atoms with E-state index in [2.05, 4.69) is 4.84 Å². The summed E-state index contributed by atoms with van der Waals surface area (Å²) in [6.45, 7) is 4.27. The first-order valence-electron chi connectivity index (χ1n) is 5.43. The molecule has 0 fully saturated rings. The van der Waals surface area contributed by atoms with Gasteiger partial charge in [0.15, 0.2) is 11.5 Å². The van der Waals surface area contributed by atoms with Crippen molar-refractivity contribution in [1.82, 2.24) is 0 Å². The second-order valence-corrected chi connectivity index (χ2v) is 4.25. The number of hydrogen-bond donors (Lipinski definition) is 1. The average Bonchev–Trinajstić information content (AvgIpc) is 2.28. The molecule has 1 aromatic rings. The van der Waals surface area contributed by atoms with Gasteiger partial charge in [-0.3, -0.25) is 0 Å². The van der Waals surface area contributed by atoms with E-state index in [0.29, 0.717) is 29.5 Å². The minimum absolute atomic E-state index is 0.0416. The van der Waals surface area contributed by atoms with Gasteiger partial charge >= 0.3 is 0 Å². The number of nitrogens with two attached hydrogens (primary N) is 1. The molecule has 4 nitrogen and oxygen atoms in total. The molecule has 17 heavy (non-hydrogen) atoms. The van der Waals surface area contributed by atoms with Crippen LogP contribution < -0.4 is 15.4 Å². The summed E-state index contributed by atoms with van der Waals surface area (Å²) in [6, 6.07) is 3.56. The number of methoxy groups -OCH3 is 1. The lowest BCUT2D eigenvalue weighted by Crippen LogP contribution is -2.11. The number of benzene rings is 1. The second-order valence-electron chi connectivity index (χ2n) is 3.84. The highest BCUT2D eigenvalue weighted by Crippen LogP contribution is 2.37. The van der Waals surface area contributed by atoms with Crippen LogP contribution in [-0.4, -0.2) is 19.8 Å². The molecular weight excluding hydrogens is 242 g/mol. The lowest BCUT2D eigenvalue weighted by Gasteiger charge is -2.18. The molecule has 1 rings (SSSR count). The summed E-state index contributed by atoms with van der Waals surface area (Å²) >= 11 is 6.15. The monoisotopic (exact) mass is 259 g/mol. The van der Waals surface area contributed by atoms with Crippen LogP contribution in [0.3, 0.4) is 0 Å². The zero-order valence-electron chi connectivity index (χ0n) is 10.3. The van der Waals surface area contributed by atoms with E-state index in [4.69, 9.17) is 27.0 Å². The molecule has 0 amide bonds. The maximum atomic E-state index is 6.15. The topological polar surface area (TPSA) is 53.7 Å². The SMILES string of the molecule is COc1ccc(Cl)c(CCON)c1OC(C)C. The molecule has 96 valence electrons. The Morgan fingerprint density at radius 3 is 2.59 bits per heavy atom. The summed E-state index contributed by atoms with van der Waals surface area (Å²) in [6.07, 6.45) is 0.620. The molecule has 0 spiro atoms. The van der Waals surface area contributed by atoms with Gasteiger partial charge in [-0.1, -0.05) is 11.6 Å². The third-order valence-electron chi connectivity index (χ3n) is 2.21. The molecule has 0 aromatic heterocycles. The second kappa shape index (κ2) is 6.69. The molecule has 0 atom stereocenters. The van der Waals surface area contributed by atoms with Gasteiger partial charge in [0, 0.05) is 17.0 Å². The first kappa shape index (κ1) is 14.1. The first-order valence-corrected chi connectivity index (χ1v) is 5.81. The standard InChI is InChI=1S/C12H18ClNO3/c1-8(2)17-12-9(6-7-16-14)10(13)4-5-11(12)15-3/h4-5,8H,6-7,14H2,1-3H3. The van der Waals surface area contributed by atoms with E-state index in [0.717, 1.165) is 5.56 Å². The zero-order valence-corrected chi connectivity index (χ0v) is 11.1. The quantitative estimate of drug-likeness (QED) is 0.798. The number of rotatable bonds is 6. The van der Waals surface area contributed by atoms with Gasteiger partial charge in [-0.2, -0.15) is 0 Å². The molecule has 0 bridgehead atoms. The molecule has 0 unspecified atom stereocenters. The van der Waals surface area contributed by atoms with Gasteiger partial charge in [0.05, 0.1) is 19.8 Å². The normalized spacial score (nSPS) is 10.7. The Bertz CT molecular complexity index is 369. The van der Waals surface area contributed by atoms with Gasteiger partial charge in [-0.05, 0) is 26.0 Å². The highest BCUT2D eigenvalue weighted by molar-refractivity contribution is 6.31. The zero-order chi connectivity index (χ0) is 12.8. The molecule has 2 N–H and O–H groups in total. The van der Waals surface area contributed by atoms with Crippen molar-refractivity contribution < 1.29 is 14.3 Å². The van der Waals surface area contributed by atoms with Gasteiger partial charge in [-0.25, -0.2) is 5.90 Å². The fourth-order valence-corrected chi connectivity index (χ4v) is 1.75. The Balaban J connectivity index is 3.11. The van der Waals surface area contributed by atoms with Crippen molar-refractivity contribution in [2.75, 3.05) is 13.7 Å². The van der Waals surface area contributed by atoms with Crippen LogP contribution in [0.5, 0.6) is 11.5 Å². The van der Waals surface area contributed by atoms with Gasteiger partial charge in [-0.15, -0.1) is 0 Å². The number of ether oxygens (including phenoxy) is 2. The maximum Gasteiger partial charge on any atom is 0.166 e. The molecular formula is C12H18ClNO3. The van der Waals surface area contributed by atoms with Crippen molar-refractivity contribution in [3.63, 3.8) is 0 Å². The molecule has 0 aliphatic rings. The fourth-order valence-electron chi connectivity index (χ4n) is 1.50. The predicted molar refractivity (Wildman–Crippen MR) is 67.6 cm³/mol. The molecule has 0 aliphatic heterocycles. The van der Waals surface area contributed by atoms with Gasteiger partial charge < -0.3 is 14.3 Å². The van der Waals surface area contributed by atoms with Crippen LogP contribution in [0, 0.1) is 0 Å². The summed E-state index contributed by atoms with van der Waals surface area (Å²) in [5.74, 6) is 6.35. The third-order valence-corrected chi connectivity index (χ3v) is 2.56. The summed E-state index contributed by atoms with van der Waals surface area (Å²) in [5.41, 5.74) is 0.852. The minimum atomic E-state index is 0.0416. The summed E-state index contributed by atoms with van der Waals surface area (Å²) in [4.78, 5) is 4.58. The first-order chi connectivity index (χ1) is 8.10. The predicted octanol–water partition coefficient (Wildman–Crippen LogP) is 2.57. The molecule has 0 radical (unpaired) electrons. The van der Waals surface area contributed by atoms with Crippen LogP contribution in [0.4, 0.5) is 0 Å². The van der Waals surface area contributed by atoms with Crippen molar-refractivity contribution in [3.05, 3.63) is 22.7 Å². The van der Waals surface area contributed by atoms with E-state index in [-0.39, 0.29) is 6.10 Å². The van der Waals surface area contributed by atoms with E-state index in [1.165, 1.54) is 0 Å². The highest BCUT2D eigenvalue weighted by atomic mass is 35.5. The Morgan fingerprint density at radius 2 is 2.06 bits per heavy atom. The van der Waals surface area contributed by atoms with Gasteiger partial charge in [0.25, 0.3) is 0 Å². The van der Waals surface area contributed by atoms with Crippen LogP contribution in [0.1, 0.15) is 19.4 Å². The van der Waals surface area contributed by atoms with Crippen molar-refractivity contribution in [3.8, 4) is 11.5 Å². The largest absolute Gasteiger partial charge is 0.493 e. The van der Waals surface area contributed by atoms with Crippen molar-refractivity contribution in [1.29, 1.82) is 0 Å². The molecule has 0 saturated carbocycles. The Labute approximate surface area is 107 Å². The van der Waals surface area contributed by atoms with Crippen LogP contribution in [0.2, 0.25) is 5.02 Å². The summed E-state index contributed by atoms with van der Waals surface area (Å²) in [5, 5.41) is 0.624. The fraction of sp³-hybridized carbons (Fsp3) is 0.500. The van der Waals surface area contributed by atoms with Crippen molar-refractivity contribution >= 4 is 11.6 Å². The maximum absolute atomic E-state index is 6.15. The third kappa shape index (κ3) is 3.77. The summed E-state index contributed by atoms with van der Waals surface area (Å²) < 4.78 is 11.0. The molecule has 0 aliphatic carbocycles. The van der Waals surface area contributed by atoms with E-state index in [1.54, 1.807) is 19.2 Å². The minimum Gasteiger partial charge on any atom is -0.493 e. The van der Waals surface area contributed by atoms with E-state index in [1.807, 2.05) is 13.8 Å². The average molecular weight is 260 g/mol. The van der Waals surface area contributed by atoms with Crippen molar-refractivity contribution in [2.24, 2.45) is 5.90 Å². The van der Waals surface area contributed by atoms with Crippen molar-refractivity contribution in [2.45, 2.75) is 26.4 Å². The Hall–Kier alpha value is -0.970. The van der Waals surface area contributed by atoms with E-state index < -0.39 is 0 Å². The van der Waals surface area contributed by atoms with E-state index in [9.17, 15) is 0 Å². The van der Waals surface area contributed by atoms with Gasteiger partial charge in [0.1, 0.15) is 0 Å². The lowest BCUT2D eigenvalue weighted by molar-refractivity contribution is 0.139. The van der Waals surface area contributed by atoms with Crippen LogP contribution in [-0.2, 0) is 11.3 Å². The Morgan fingerprint density at radius 1 is 1.35 bits per heavy atom.